The predicted octanol–water partition coefficient (Wildman–Crippen LogP) is 5.09. The molecule has 3 N–H and O–H groups in total. The Bertz CT molecular complexity index is 1080. The molecule has 0 fully saturated rings. The van der Waals surface area contributed by atoms with E-state index in [1.54, 1.807) is 6.33 Å². The summed E-state index contributed by atoms with van der Waals surface area (Å²) in [5.74, 6) is 4.05. The maximum Gasteiger partial charge on any atom is 0.185 e. The van der Waals surface area contributed by atoms with Gasteiger partial charge in [-0.3, -0.25) is 5.84 Å². The van der Waals surface area contributed by atoms with Crippen LogP contribution < -0.4 is 11.3 Å². The average Bonchev–Trinajstić information content (AvgIpc) is 2.78. The molecule has 0 aliphatic rings. The second kappa shape index (κ2) is 9.21. The van der Waals surface area contributed by atoms with Gasteiger partial charge in [0, 0.05) is 11.3 Å². The van der Waals surface area contributed by atoms with Crippen LogP contribution in [0.25, 0.3) is 16.5 Å². The predicted molar refractivity (Wildman–Crippen MR) is 115 cm³/mol. The molecule has 2 aromatic heterocycles. The number of rotatable bonds is 7. The van der Waals surface area contributed by atoms with Crippen molar-refractivity contribution in [2.75, 3.05) is 5.43 Å². The summed E-state index contributed by atoms with van der Waals surface area (Å²) in [6.45, 7) is 8.02. The highest BCUT2D eigenvalue weighted by Crippen LogP contribution is 2.34. The van der Waals surface area contributed by atoms with E-state index >= 15 is 0 Å². The number of hydrogen-bond donors (Lipinski definition) is 2. The minimum atomic E-state index is -0.941. The fraction of sp³-hybridized carbons (Fsp3) is 0.364. The molecular formula is C22H26F2N6. The van der Waals surface area contributed by atoms with E-state index in [1.807, 2.05) is 26.8 Å². The number of halogens is 2. The van der Waals surface area contributed by atoms with Gasteiger partial charge in [-0.1, -0.05) is 19.9 Å². The van der Waals surface area contributed by atoms with Crippen molar-refractivity contribution in [3.05, 3.63) is 59.6 Å². The van der Waals surface area contributed by atoms with E-state index in [0.717, 1.165) is 41.6 Å². The molecule has 8 heteroatoms. The van der Waals surface area contributed by atoms with Crippen LogP contribution in [0.15, 0.2) is 30.9 Å². The largest absolute Gasteiger partial charge is 0.321 e. The number of nitrogens with zero attached hydrogens (tertiary/aromatic N) is 4. The summed E-state index contributed by atoms with van der Waals surface area (Å²) >= 11 is 0. The number of anilines is 1. The third-order valence-corrected chi connectivity index (χ3v) is 5.52. The summed E-state index contributed by atoms with van der Waals surface area (Å²) < 4.78 is 27.6. The van der Waals surface area contributed by atoms with Gasteiger partial charge in [-0.2, -0.15) is 0 Å². The molecule has 0 amide bonds. The Hall–Kier alpha value is -3.00. The zero-order chi connectivity index (χ0) is 21.8. The van der Waals surface area contributed by atoms with Crippen molar-refractivity contribution in [2.45, 2.75) is 52.4 Å². The van der Waals surface area contributed by atoms with Gasteiger partial charge in [-0.05, 0) is 50.3 Å². The van der Waals surface area contributed by atoms with E-state index in [2.05, 4.69) is 32.3 Å². The van der Waals surface area contributed by atoms with Crippen LogP contribution in [0, 0.1) is 11.6 Å². The molecule has 0 radical (unpaired) electrons. The first-order valence-corrected chi connectivity index (χ1v) is 9.92. The number of hydrogen-bond acceptors (Lipinski definition) is 6. The summed E-state index contributed by atoms with van der Waals surface area (Å²) in [6.07, 6.45) is 6.39. The van der Waals surface area contributed by atoms with Crippen LogP contribution >= 0.6 is 0 Å². The lowest BCUT2D eigenvalue weighted by atomic mass is 9.91. The summed E-state index contributed by atoms with van der Waals surface area (Å²) in [7, 11) is 0. The minimum absolute atomic E-state index is 0.0109. The number of allylic oxidation sites excluding steroid dienone is 2. The SMILES string of the molecule is C/C=C(/C)c1ncnc(C(C)CCC(C)c2ncnc3c(F)c(F)ccc23)c1NN. The second-order valence-electron chi connectivity index (χ2n) is 7.49. The van der Waals surface area contributed by atoms with Crippen LogP contribution in [0.5, 0.6) is 0 Å². The summed E-state index contributed by atoms with van der Waals surface area (Å²) in [5.41, 5.74) is 6.82. The highest BCUT2D eigenvalue weighted by atomic mass is 19.2. The smallest absolute Gasteiger partial charge is 0.185 e. The van der Waals surface area contributed by atoms with Crippen LogP contribution in [0.1, 0.15) is 69.5 Å². The Balaban J connectivity index is 1.83. The van der Waals surface area contributed by atoms with E-state index in [9.17, 15) is 8.78 Å². The number of fused-ring (bicyclic) bond motifs is 1. The first-order valence-electron chi connectivity index (χ1n) is 9.92. The van der Waals surface area contributed by atoms with Crippen molar-refractivity contribution in [3.8, 4) is 0 Å². The molecule has 3 rings (SSSR count). The van der Waals surface area contributed by atoms with Gasteiger partial charge in [0.2, 0.25) is 0 Å². The van der Waals surface area contributed by atoms with E-state index in [4.69, 9.17) is 5.84 Å². The molecule has 2 atom stereocenters. The van der Waals surface area contributed by atoms with Crippen molar-refractivity contribution in [1.29, 1.82) is 0 Å². The van der Waals surface area contributed by atoms with E-state index in [-0.39, 0.29) is 17.4 Å². The highest BCUT2D eigenvalue weighted by Gasteiger charge is 2.20. The van der Waals surface area contributed by atoms with Crippen LogP contribution in [0.3, 0.4) is 0 Å². The van der Waals surface area contributed by atoms with E-state index < -0.39 is 11.6 Å². The molecule has 158 valence electrons. The highest BCUT2D eigenvalue weighted by molar-refractivity contribution is 5.81. The molecule has 6 nitrogen and oxygen atoms in total. The van der Waals surface area contributed by atoms with Crippen LogP contribution in [-0.2, 0) is 0 Å². The fourth-order valence-electron chi connectivity index (χ4n) is 3.61. The van der Waals surface area contributed by atoms with Crippen LogP contribution in [0.4, 0.5) is 14.5 Å². The molecule has 0 saturated carbocycles. The molecule has 0 spiro atoms. The normalized spacial score (nSPS) is 14.0. The Morgan fingerprint density at radius 3 is 2.33 bits per heavy atom. The van der Waals surface area contributed by atoms with Gasteiger partial charge in [0.15, 0.2) is 11.6 Å². The number of aromatic nitrogens is 4. The third kappa shape index (κ3) is 4.14. The zero-order valence-electron chi connectivity index (χ0n) is 17.6. The van der Waals surface area contributed by atoms with Gasteiger partial charge >= 0.3 is 0 Å². The Labute approximate surface area is 174 Å². The van der Waals surface area contributed by atoms with E-state index in [1.165, 1.54) is 12.4 Å². The van der Waals surface area contributed by atoms with Crippen molar-refractivity contribution in [1.82, 2.24) is 19.9 Å². The lowest BCUT2D eigenvalue weighted by Gasteiger charge is -2.19. The van der Waals surface area contributed by atoms with Crippen molar-refractivity contribution >= 4 is 22.2 Å². The molecule has 3 aromatic rings. The van der Waals surface area contributed by atoms with Crippen LogP contribution in [0.2, 0.25) is 0 Å². The Morgan fingerprint density at radius 2 is 1.67 bits per heavy atom. The first-order chi connectivity index (χ1) is 14.4. The lowest BCUT2D eigenvalue weighted by molar-refractivity contribution is 0.514. The molecule has 0 saturated heterocycles. The number of benzene rings is 1. The monoisotopic (exact) mass is 412 g/mol. The Morgan fingerprint density at radius 1 is 1.03 bits per heavy atom. The molecule has 2 heterocycles. The summed E-state index contributed by atoms with van der Waals surface area (Å²) in [4.78, 5) is 17.1. The van der Waals surface area contributed by atoms with E-state index in [0.29, 0.717) is 11.1 Å². The minimum Gasteiger partial charge on any atom is -0.321 e. The quantitative estimate of drug-likeness (QED) is 0.415. The number of nitrogens with two attached hydrogens (primary N) is 1. The molecule has 30 heavy (non-hydrogen) atoms. The van der Waals surface area contributed by atoms with Gasteiger partial charge in [-0.15, -0.1) is 0 Å². The Kier molecular flexibility index (Phi) is 6.66. The number of nitrogen functional groups attached to an aromatic ring is 1. The number of hydrazine groups is 1. The number of nitrogens with one attached hydrogen (secondary N) is 1. The topological polar surface area (TPSA) is 89.6 Å². The lowest BCUT2D eigenvalue weighted by Crippen LogP contribution is -2.15. The molecule has 1 aromatic carbocycles. The van der Waals surface area contributed by atoms with Gasteiger partial charge in [0.05, 0.1) is 22.8 Å². The van der Waals surface area contributed by atoms with Gasteiger partial charge in [0.25, 0.3) is 0 Å². The zero-order valence-corrected chi connectivity index (χ0v) is 17.6. The first kappa shape index (κ1) is 21.7. The van der Waals surface area contributed by atoms with Gasteiger partial charge in [0.1, 0.15) is 18.2 Å². The van der Waals surface area contributed by atoms with Gasteiger partial charge < -0.3 is 5.43 Å². The fourth-order valence-corrected chi connectivity index (χ4v) is 3.61. The van der Waals surface area contributed by atoms with Crippen LogP contribution in [-0.4, -0.2) is 19.9 Å². The average molecular weight is 412 g/mol. The molecule has 0 aliphatic heterocycles. The van der Waals surface area contributed by atoms with Gasteiger partial charge in [-0.25, -0.2) is 28.7 Å². The molecule has 2 unspecified atom stereocenters. The van der Waals surface area contributed by atoms with Crippen molar-refractivity contribution in [3.63, 3.8) is 0 Å². The van der Waals surface area contributed by atoms with Crippen molar-refractivity contribution in [2.24, 2.45) is 5.84 Å². The molecule has 0 bridgehead atoms. The molecular weight excluding hydrogens is 386 g/mol. The summed E-state index contributed by atoms with van der Waals surface area (Å²) in [5, 5.41) is 0.536. The maximum absolute atomic E-state index is 14.1. The van der Waals surface area contributed by atoms with Crippen molar-refractivity contribution < 1.29 is 8.78 Å². The third-order valence-electron chi connectivity index (χ3n) is 5.52. The summed E-state index contributed by atoms with van der Waals surface area (Å²) in [6, 6.07) is 2.65. The maximum atomic E-state index is 14.1. The molecule has 0 aliphatic carbocycles. The standard InChI is InChI=1S/C22H26F2N6/c1-5-12(2)19-22(30-25)20(28-11-27-19)14(4)7-6-13(3)18-15-8-9-16(23)17(24)21(15)29-10-26-18/h5,8-11,13-14,30H,6-7,25H2,1-4H3/b12-5-. The second-order valence-corrected chi connectivity index (χ2v) is 7.49.